The highest BCUT2D eigenvalue weighted by Gasteiger charge is 2.16. The van der Waals surface area contributed by atoms with Crippen molar-refractivity contribution in [1.82, 2.24) is 9.78 Å². The minimum Gasteiger partial charge on any atom is -0.459 e. The van der Waals surface area contributed by atoms with Crippen LogP contribution in [0.5, 0.6) is 0 Å². The van der Waals surface area contributed by atoms with E-state index in [-0.39, 0.29) is 0 Å². The average molecular weight is 283 g/mol. The minimum absolute atomic E-state index is 0.478. The Morgan fingerprint density at radius 3 is 2.62 bits per heavy atom. The topological polar surface area (TPSA) is 57.0 Å². The van der Waals surface area contributed by atoms with Crippen molar-refractivity contribution in [1.29, 1.82) is 0 Å². The Morgan fingerprint density at radius 2 is 1.95 bits per heavy atom. The fourth-order valence-electron chi connectivity index (χ4n) is 3.04. The molecule has 0 aliphatic heterocycles. The number of hydrogen-bond donors (Lipinski definition) is 1. The van der Waals surface area contributed by atoms with Crippen LogP contribution >= 0.6 is 0 Å². The number of aromatic nitrogens is 2. The molecule has 0 radical (unpaired) electrons. The van der Waals surface area contributed by atoms with Crippen molar-refractivity contribution < 1.29 is 4.42 Å². The number of hydrogen-bond acceptors (Lipinski definition) is 3. The standard InChI is InChI=1S/C17H21N3O/c1-4-13-11(2)19-20(12(13)3)10-17-15(9-18)14-7-5-6-8-16(14)21-17/h5-8H,4,9-10,18H2,1-3H3. The molecule has 0 amide bonds. The summed E-state index contributed by atoms with van der Waals surface area (Å²) in [7, 11) is 0. The maximum absolute atomic E-state index is 5.99. The molecule has 2 aromatic heterocycles. The molecule has 0 saturated carbocycles. The third-order valence-corrected chi connectivity index (χ3v) is 4.16. The molecule has 0 unspecified atom stereocenters. The van der Waals surface area contributed by atoms with Crippen LogP contribution in [0.25, 0.3) is 11.0 Å². The third kappa shape index (κ3) is 2.25. The summed E-state index contributed by atoms with van der Waals surface area (Å²) in [4.78, 5) is 0. The van der Waals surface area contributed by atoms with Crippen LogP contribution in [0.15, 0.2) is 28.7 Å². The molecule has 110 valence electrons. The van der Waals surface area contributed by atoms with E-state index in [0.717, 1.165) is 34.4 Å². The Bertz CT molecular complexity index is 783. The van der Waals surface area contributed by atoms with Crippen LogP contribution in [0.2, 0.25) is 0 Å². The summed E-state index contributed by atoms with van der Waals surface area (Å²) in [5.41, 5.74) is 11.5. The van der Waals surface area contributed by atoms with Crippen LogP contribution in [0, 0.1) is 13.8 Å². The lowest BCUT2D eigenvalue weighted by atomic mass is 10.1. The van der Waals surface area contributed by atoms with Crippen molar-refractivity contribution in [3.63, 3.8) is 0 Å². The average Bonchev–Trinajstić information content (AvgIpc) is 2.96. The summed E-state index contributed by atoms with van der Waals surface area (Å²) in [6, 6.07) is 8.04. The Kier molecular flexibility index (Phi) is 3.55. The van der Waals surface area contributed by atoms with Gasteiger partial charge in [-0.25, -0.2) is 0 Å². The fourth-order valence-corrected chi connectivity index (χ4v) is 3.04. The molecular weight excluding hydrogens is 262 g/mol. The van der Waals surface area contributed by atoms with Crippen LogP contribution in [0.1, 0.15) is 35.2 Å². The van der Waals surface area contributed by atoms with Gasteiger partial charge in [-0.1, -0.05) is 25.1 Å². The lowest BCUT2D eigenvalue weighted by Crippen LogP contribution is -2.07. The van der Waals surface area contributed by atoms with E-state index in [4.69, 9.17) is 10.2 Å². The molecule has 0 aliphatic carbocycles. The zero-order chi connectivity index (χ0) is 15.0. The Balaban J connectivity index is 2.06. The van der Waals surface area contributed by atoms with Crippen molar-refractivity contribution in [3.8, 4) is 0 Å². The van der Waals surface area contributed by atoms with Crippen molar-refractivity contribution in [3.05, 3.63) is 52.5 Å². The SMILES string of the molecule is CCc1c(C)nn(Cc2oc3ccccc3c2CN)c1C. The molecule has 2 heterocycles. The lowest BCUT2D eigenvalue weighted by molar-refractivity contribution is 0.498. The second kappa shape index (κ2) is 5.37. The summed E-state index contributed by atoms with van der Waals surface area (Å²) < 4.78 is 8.01. The molecule has 21 heavy (non-hydrogen) atoms. The first-order valence-corrected chi connectivity index (χ1v) is 7.38. The van der Waals surface area contributed by atoms with Crippen LogP contribution in [-0.2, 0) is 19.5 Å². The van der Waals surface area contributed by atoms with E-state index < -0.39 is 0 Å². The van der Waals surface area contributed by atoms with Gasteiger partial charge in [0.05, 0.1) is 12.2 Å². The van der Waals surface area contributed by atoms with Crippen molar-refractivity contribution in [2.75, 3.05) is 0 Å². The molecule has 0 fully saturated rings. The van der Waals surface area contributed by atoms with E-state index >= 15 is 0 Å². The van der Waals surface area contributed by atoms with Gasteiger partial charge in [0.15, 0.2) is 0 Å². The van der Waals surface area contributed by atoms with Gasteiger partial charge in [0.2, 0.25) is 0 Å². The van der Waals surface area contributed by atoms with Crippen molar-refractivity contribution >= 4 is 11.0 Å². The van der Waals surface area contributed by atoms with Gasteiger partial charge in [0.25, 0.3) is 0 Å². The number of benzene rings is 1. The normalized spacial score (nSPS) is 11.4. The number of nitrogens with zero attached hydrogens (tertiary/aromatic N) is 2. The van der Waals surface area contributed by atoms with Gasteiger partial charge in [0, 0.05) is 23.2 Å². The van der Waals surface area contributed by atoms with Crippen LogP contribution < -0.4 is 5.73 Å². The Morgan fingerprint density at radius 1 is 1.19 bits per heavy atom. The monoisotopic (exact) mass is 283 g/mol. The maximum Gasteiger partial charge on any atom is 0.134 e. The molecule has 3 aromatic rings. The second-order valence-corrected chi connectivity index (χ2v) is 5.36. The summed E-state index contributed by atoms with van der Waals surface area (Å²) in [5, 5.41) is 5.74. The van der Waals surface area contributed by atoms with Gasteiger partial charge in [-0.3, -0.25) is 4.68 Å². The summed E-state index contributed by atoms with van der Waals surface area (Å²) in [6.07, 6.45) is 1.00. The van der Waals surface area contributed by atoms with E-state index in [1.54, 1.807) is 0 Å². The molecular formula is C17H21N3O. The van der Waals surface area contributed by atoms with Gasteiger partial charge >= 0.3 is 0 Å². The van der Waals surface area contributed by atoms with E-state index in [2.05, 4.69) is 31.9 Å². The summed E-state index contributed by atoms with van der Waals surface area (Å²) >= 11 is 0. The number of para-hydroxylation sites is 1. The van der Waals surface area contributed by atoms with Gasteiger partial charge in [-0.15, -0.1) is 0 Å². The molecule has 0 aliphatic rings. The molecule has 0 bridgehead atoms. The number of nitrogens with two attached hydrogens (primary N) is 1. The zero-order valence-corrected chi connectivity index (χ0v) is 12.8. The molecule has 3 rings (SSSR count). The molecule has 4 heteroatoms. The quantitative estimate of drug-likeness (QED) is 0.799. The Hall–Kier alpha value is -2.07. The Labute approximate surface area is 124 Å². The first kappa shape index (κ1) is 13.9. The third-order valence-electron chi connectivity index (χ3n) is 4.16. The van der Waals surface area contributed by atoms with Gasteiger partial charge < -0.3 is 10.2 Å². The molecule has 2 N–H and O–H groups in total. The van der Waals surface area contributed by atoms with E-state index in [9.17, 15) is 0 Å². The minimum atomic E-state index is 0.478. The zero-order valence-electron chi connectivity index (χ0n) is 12.8. The highest BCUT2D eigenvalue weighted by atomic mass is 16.3. The first-order valence-electron chi connectivity index (χ1n) is 7.38. The fraction of sp³-hybridized carbons (Fsp3) is 0.353. The number of rotatable bonds is 4. The molecule has 0 spiro atoms. The predicted molar refractivity (Wildman–Crippen MR) is 84.3 cm³/mol. The van der Waals surface area contributed by atoms with Crippen molar-refractivity contribution in [2.24, 2.45) is 5.73 Å². The number of fused-ring (bicyclic) bond motifs is 1. The van der Waals surface area contributed by atoms with Gasteiger partial charge in [-0.05, 0) is 31.9 Å². The van der Waals surface area contributed by atoms with Crippen LogP contribution in [0.3, 0.4) is 0 Å². The highest BCUT2D eigenvalue weighted by molar-refractivity contribution is 5.82. The molecule has 0 saturated heterocycles. The number of aryl methyl sites for hydroxylation is 1. The van der Waals surface area contributed by atoms with E-state index in [0.29, 0.717) is 13.1 Å². The first-order chi connectivity index (χ1) is 10.2. The summed E-state index contributed by atoms with van der Waals surface area (Å²) in [6.45, 7) is 7.45. The summed E-state index contributed by atoms with van der Waals surface area (Å²) in [5.74, 6) is 0.909. The highest BCUT2D eigenvalue weighted by Crippen LogP contribution is 2.27. The van der Waals surface area contributed by atoms with Crippen molar-refractivity contribution in [2.45, 2.75) is 40.3 Å². The maximum atomic E-state index is 5.99. The van der Waals surface area contributed by atoms with Crippen LogP contribution in [-0.4, -0.2) is 9.78 Å². The second-order valence-electron chi connectivity index (χ2n) is 5.36. The molecule has 4 nitrogen and oxygen atoms in total. The largest absolute Gasteiger partial charge is 0.459 e. The van der Waals surface area contributed by atoms with E-state index in [1.165, 1.54) is 11.3 Å². The van der Waals surface area contributed by atoms with Crippen LogP contribution in [0.4, 0.5) is 0 Å². The van der Waals surface area contributed by atoms with Gasteiger partial charge in [-0.2, -0.15) is 5.10 Å². The smallest absolute Gasteiger partial charge is 0.134 e. The number of furan rings is 1. The molecule has 1 aromatic carbocycles. The lowest BCUT2D eigenvalue weighted by Gasteiger charge is -2.04. The molecule has 0 atom stereocenters. The predicted octanol–water partition coefficient (Wildman–Crippen LogP) is 3.32. The van der Waals surface area contributed by atoms with Gasteiger partial charge in [0.1, 0.15) is 11.3 Å². The van der Waals surface area contributed by atoms with E-state index in [1.807, 2.05) is 22.9 Å².